The van der Waals surface area contributed by atoms with Crippen LogP contribution in [0.3, 0.4) is 0 Å². The molecule has 84 valence electrons. The van der Waals surface area contributed by atoms with Gasteiger partial charge in [-0.15, -0.1) is 0 Å². The van der Waals surface area contributed by atoms with Crippen LogP contribution in [-0.2, 0) is 0 Å². The van der Waals surface area contributed by atoms with Gasteiger partial charge >= 0.3 is 0 Å². The molecule has 0 bridgehead atoms. The van der Waals surface area contributed by atoms with Crippen molar-refractivity contribution in [2.24, 2.45) is 0 Å². The summed E-state index contributed by atoms with van der Waals surface area (Å²) in [5.41, 5.74) is 1.07. The first-order valence-corrected chi connectivity index (χ1v) is 4.97. The molecule has 6 nitrogen and oxygen atoms in total. The molecular formula is C10H12N4O2. The van der Waals surface area contributed by atoms with E-state index >= 15 is 0 Å². The predicted molar refractivity (Wildman–Crippen MR) is 61.5 cm³/mol. The van der Waals surface area contributed by atoms with Crippen LogP contribution in [0.2, 0.25) is 0 Å². The molecule has 0 unspecified atom stereocenters. The molecule has 2 rings (SSSR count). The summed E-state index contributed by atoms with van der Waals surface area (Å²) in [7, 11) is 0. The number of nitrogens with zero attached hydrogens (tertiary/aromatic N) is 2. The molecule has 0 spiro atoms. The zero-order chi connectivity index (χ0) is 11.7. The lowest BCUT2D eigenvalue weighted by Gasteiger charge is -2.04. The van der Waals surface area contributed by atoms with Crippen LogP contribution in [-0.4, -0.2) is 20.9 Å². The molecule has 0 amide bonds. The fourth-order valence-electron chi connectivity index (χ4n) is 1.51. The monoisotopic (exact) mass is 220 g/mol. The van der Waals surface area contributed by atoms with E-state index in [2.05, 4.69) is 15.3 Å². The average Bonchev–Trinajstić information content (AvgIpc) is 2.57. The van der Waals surface area contributed by atoms with E-state index < -0.39 is 4.92 Å². The minimum atomic E-state index is -0.428. The summed E-state index contributed by atoms with van der Waals surface area (Å²) in [6, 6.07) is 5.07. The molecule has 6 heteroatoms. The Labute approximate surface area is 91.8 Å². The van der Waals surface area contributed by atoms with E-state index in [-0.39, 0.29) is 11.7 Å². The highest BCUT2D eigenvalue weighted by atomic mass is 16.6. The number of imidazole rings is 1. The van der Waals surface area contributed by atoms with Gasteiger partial charge in [0.1, 0.15) is 0 Å². The van der Waals surface area contributed by atoms with Crippen LogP contribution in [0, 0.1) is 10.1 Å². The number of fused-ring (bicyclic) bond motifs is 1. The van der Waals surface area contributed by atoms with Gasteiger partial charge in [0, 0.05) is 12.1 Å². The highest BCUT2D eigenvalue weighted by Gasteiger charge is 2.15. The molecule has 16 heavy (non-hydrogen) atoms. The lowest BCUT2D eigenvalue weighted by Crippen LogP contribution is -2.10. The SMILES string of the molecule is CC(C)Nc1nc2c([N+](=O)[O-])cccc2[nH]1. The van der Waals surface area contributed by atoms with Gasteiger partial charge in [0.05, 0.1) is 10.4 Å². The number of aromatic amines is 1. The van der Waals surface area contributed by atoms with Crippen LogP contribution in [0.4, 0.5) is 11.6 Å². The minimum absolute atomic E-state index is 0.0190. The van der Waals surface area contributed by atoms with Crippen molar-refractivity contribution in [1.82, 2.24) is 9.97 Å². The van der Waals surface area contributed by atoms with Crippen LogP contribution >= 0.6 is 0 Å². The van der Waals surface area contributed by atoms with Crippen molar-refractivity contribution < 1.29 is 4.92 Å². The molecule has 1 aromatic carbocycles. The number of H-pyrrole nitrogens is 1. The summed E-state index contributed by atoms with van der Waals surface area (Å²) in [6.07, 6.45) is 0. The topological polar surface area (TPSA) is 83.8 Å². The number of nitrogens with one attached hydrogen (secondary N) is 2. The number of aromatic nitrogens is 2. The standard InChI is InChI=1S/C10H12N4O2/c1-6(2)11-10-12-7-4-3-5-8(14(15)16)9(7)13-10/h3-6H,1-2H3,(H2,11,12,13). The van der Waals surface area contributed by atoms with E-state index in [1.807, 2.05) is 13.8 Å². The Morgan fingerprint density at radius 1 is 1.50 bits per heavy atom. The second-order valence-electron chi connectivity index (χ2n) is 3.81. The molecule has 0 saturated carbocycles. The average molecular weight is 220 g/mol. The molecule has 1 heterocycles. The van der Waals surface area contributed by atoms with Crippen LogP contribution in [0.1, 0.15) is 13.8 Å². The van der Waals surface area contributed by atoms with Gasteiger partial charge in [-0.1, -0.05) is 6.07 Å². The van der Waals surface area contributed by atoms with Gasteiger partial charge in [0.25, 0.3) is 5.69 Å². The van der Waals surface area contributed by atoms with Crippen molar-refractivity contribution in [3.05, 3.63) is 28.3 Å². The van der Waals surface area contributed by atoms with Crippen molar-refractivity contribution in [3.8, 4) is 0 Å². The third-order valence-electron chi connectivity index (χ3n) is 2.11. The van der Waals surface area contributed by atoms with Crippen molar-refractivity contribution in [2.75, 3.05) is 5.32 Å². The highest BCUT2D eigenvalue weighted by Crippen LogP contribution is 2.24. The molecule has 0 radical (unpaired) electrons. The molecule has 0 fully saturated rings. The van der Waals surface area contributed by atoms with Crippen molar-refractivity contribution in [3.63, 3.8) is 0 Å². The normalized spacial score (nSPS) is 10.9. The molecule has 0 aliphatic carbocycles. The van der Waals surface area contributed by atoms with Gasteiger partial charge in [-0.2, -0.15) is 0 Å². The van der Waals surface area contributed by atoms with E-state index in [1.54, 1.807) is 12.1 Å². The van der Waals surface area contributed by atoms with Gasteiger partial charge in [-0.05, 0) is 19.9 Å². The van der Waals surface area contributed by atoms with Crippen LogP contribution in [0.25, 0.3) is 11.0 Å². The van der Waals surface area contributed by atoms with Crippen LogP contribution < -0.4 is 5.32 Å². The van der Waals surface area contributed by atoms with E-state index in [1.165, 1.54) is 6.07 Å². The number of benzene rings is 1. The predicted octanol–water partition coefficient (Wildman–Crippen LogP) is 2.29. The second kappa shape index (κ2) is 3.80. The third kappa shape index (κ3) is 1.81. The first kappa shape index (κ1) is 10.4. The zero-order valence-electron chi connectivity index (χ0n) is 9.02. The molecule has 0 atom stereocenters. The van der Waals surface area contributed by atoms with Gasteiger partial charge in [0.2, 0.25) is 5.95 Å². The maximum atomic E-state index is 10.8. The Hall–Kier alpha value is -2.11. The Morgan fingerprint density at radius 3 is 2.88 bits per heavy atom. The van der Waals surface area contributed by atoms with Crippen molar-refractivity contribution in [1.29, 1.82) is 0 Å². The summed E-state index contributed by atoms with van der Waals surface area (Å²) >= 11 is 0. The highest BCUT2D eigenvalue weighted by molar-refractivity contribution is 5.86. The molecular weight excluding hydrogens is 208 g/mol. The summed E-state index contributed by atoms with van der Waals surface area (Å²) in [5.74, 6) is 0.555. The first-order chi connectivity index (χ1) is 7.58. The smallest absolute Gasteiger partial charge is 0.297 e. The maximum absolute atomic E-state index is 10.8. The number of hydrogen-bond acceptors (Lipinski definition) is 4. The molecule has 0 aliphatic heterocycles. The summed E-state index contributed by atoms with van der Waals surface area (Å²) < 4.78 is 0. The number of rotatable bonds is 3. The molecule has 2 N–H and O–H groups in total. The number of nitro benzene ring substituents is 1. The summed E-state index contributed by atoms with van der Waals surface area (Å²) in [4.78, 5) is 17.5. The lowest BCUT2D eigenvalue weighted by molar-refractivity contribution is -0.383. The number of nitro groups is 1. The number of anilines is 1. The fourth-order valence-corrected chi connectivity index (χ4v) is 1.51. The Morgan fingerprint density at radius 2 is 2.25 bits per heavy atom. The Kier molecular flexibility index (Phi) is 2.47. The van der Waals surface area contributed by atoms with E-state index in [0.717, 1.165) is 0 Å². The zero-order valence-corrected chi connectivity index (χ0v) is 9.02. The summed E-state index contributed by atoms with van der Waals surface area (Å²) in [6.45, 7) is 3.95. The first-order valence-electron chi connectivity index (χ1n) is 4.97. The molecule has 0 aliphatic rings. The largest absolute Gasteiger partial charge is 0.354 e. The van der Waals surface area contributed by atoms with Crippen LogP contribution in [0.5, 0.6) is 0 Å². The maximum Gasteiger partial charge on any atom is 0.297 e. The molecule has 1 aromatic heterocycles. The lowest BCUT2D eigenvalue weighted by atomic mass is 10.3. The van der Waals surface area contributed by atoms with E-state index in [9.17, 15) is 10.1 Å². The minimum Gasteiger partial charge on any atom is -0.354 e. The molecule has 2 aromatic rings. The summed E-state index contributed by atoms with van der Waals surface area (Å²) in [5, 5.41) is 13.8. The number of hydrogen-bond donors (Lipinski definition) is 2. The second-order valence-corrected chi connectivity index (χ2v) is 3.81. The third-order valence-corrected chi connectivity index (χ3v) is 2.11. The van der Waals surface area contributed by atoms with Crippen LogP contribution in [0.15, 0.2) is 18.2 Å². The number of non-ortho nitro benzene ring substituents is 1. The van der Waals surface area contributed by atoms with Crippen molar-refractivity contribution >= 4 is 22.7 Å². The fraction of sp³-hybridized carbons (Fsp3) is 0.300. The Balaban J connectivity index is 2.52. The Bertz CT molecular complexity index is 533. The van der Waals surface area contributed by atoms with E-state index in [4.69, 9.17) is 0 Å². The van der Waals surface area contributed by atoms with Gasteiger partial charge in [-0.25, -0.2) is 4.98 Å². The van der Waals surface area contributed by atoms with Gasteiger partial charge in [-0.3, -0.25) is 10.1 Å². The van der Waals surface area contributed by atoms with Gasteiger partial charge in [0.15, 0.2) is 5.52 Å². The number of para-hydroxylation sites is 1. The quantitative estimate of drug-likeness (QED) is 0.614. The van der Waals surface area contributed by atoms with Crippen molar-refractivity contribution in [2.45, 2.75) is 19.9 Å². The van der Waals surface area contributed by atoms with E-state index in [0.29, 0.717) is 17.0 Å². The molecule has 0 saturated heterocycles. The van der Waals surface area contributed by atoms with Gasteiger partial charge < -0.3 is 10.3 Å².